The van der Waals surface area contributed by atoms with Gasteiger partial charge in [-0.1, -0.05) is 12.1 Å². The molecule has 0 fully saturated rings. The lowest BCUT2D eigenvalue weighted by molar-refractivity contribution is 0.0696. The van der Waals surface area contributed by atoms with E-state index in [2.05, 4.69) is 0 Å². The van der Waals surface area contributed by atoms with Crippen LogP contribution in [0.25, 0.3) is 0 Å². The molecule has 5 heteroatoms. The smallest absolute Gasteiger partial charge is 0.335 e. The highest BCUT2D eigenvalue weighted by Crippen LogP contribution is 2.16. The van der Waals surface area contributed by atoms with E-state index in [1.54, 1.807) is 11.3 Å². The topological polar surface area (TPSA) is 40.5 Å². The molecule has 0 amide bonds. The summed E-state index contributed by atoms with van der Waals surface area (Å²) in [6.07, 6.45) is 0. The van der Waals surface area contributed by atoms with Gasteiger partial charge in [-0.2, -0.15) is 0 Å². The van der Waals surface area contributed by atoms with Crippen molar-refractivity contribution in [2.24, 2.45) is 0 Å². The summed E-state index contributed by atoms with van der Waals surface area (Å²) < 4.78 is 13.8. The fourth-order valence-corrected chi connectivity index (χ4v) is 2.61. The summed E-state index contributed by atoms with van der Waals surface area (Å²) in [6, 6.07) is 8.04. The normalized spacial score (nSPS) is 10.9. The van der Waals surface area contributed by atoms with E-state index in [0.717, 1.165) is 12.6 Å². The van der Waals surface area contributed by atoms with Crippen LogP contribution in [0.5, 0.6) is 0 Å². The van der Waals surface area contributed by atoms with E-state index in [0.29, 0.717) is 12.1 Å². The predicted molar refractivity (Wildman–Crippen MR) is 72.8 cm³/mol. The van der Waals surface area contributed by atoms with E-state index in [4.69, 9.17) is 5.11 Å². The Bertz CT molecular complexity index is 569. The number of carboxylic acid groups (broad SMARTS) is 1. The van der Waals surface area contributed by atoms with Crippen LogP contribution in [0.3, 0.4) is 0 Å². The third-order valence-corrected chi connectivity index (χ3v) is 3.61. The number of rotatable bonds is 5. The van der Waals surface area contributed by atoms with Crippen molar-refractivity contribution in [1.29, 1.82) is 0 Å². The maximum atomic E-state index is 13.8. The zero-order valence-electron chi connectivity index (χ0n) is 10.5. The van der Waals surface area contributed by atoms with Crippen molar-refractivity contribution in [2.75, 3.05) is 7.05 Å². The highest BCUT2D eigenvalue weighted by Gasteiger charge is 2.10. The molecule has 3 nitrogen and oxygen atoms in total. The first-order chi connectivity index (χ1) is 9.06. The molecular weight excluding hydrogens is 265 g/mol. The number of halogens is 1. The van der Waals surface area contributed by atoms with E-state index in [-0.39, 0.29) is 5.56 Å². The summed E-state index contributed by atoms with van der Waals surface area (Å²) in [7, 11) is 1.91. The summed E-state index contributed by atoms with van der Waals surface area (Å²) in [5.74, 6) is -1.59. The molecule has 2 rings (SSSR count). The third-order valence-electron chi connectivity index (χ3n) is 2.75. The van der Waals surface area contributed by atoms with Gasteiger partial charge in [0.15, 0.2) is 0 Å². The van der Waals surface area contributed by atoms with Gasteiger partial charge in [0, 0.05) is 23.5 Å². The van der Waals surface area contributed by atoms with E-state index < -0.39 is 11.8 Å². The maximum absolute atomic E-state index is 13.8. The Hall–Kier alpha value is -1.72. The second-order valence-corrected chi connectivity index (χ2v) is 5.40. The number of benzene rings is 1. The first-order valence-corrected chi connectivity index (χ1v) is 6.67. The average Bonchev–Trinajstić information content (AvgIpc) is 2.84. The van der Waals surface area contributed by atoms with Crippen LogP contribution in [0.2, 0.25) is 0 Å². The number of hydrogen-bond donors (Lipinski definition) is 1. The van der Waals surface area contributed by atoms with Gasteiger partial charge in [-0.05, 0) is 30.6 Å². The number of carbonyl (C=O) groups is 1. The van der Waals surface area contributed by atoms with Crippen LogP contribution in [-0.2, 0) is 13.1 Å². The van der Waals surface area contributed by atoms with Crippen LogP contribution in [0.4, 0.5) is 4.39 Å². The minimum absolute atomic E-state index is 0.0258. The van der Waals surface area contributed by atoms with Crippen LogP contribution in [0.15, 0.2) is 35.7 Å². The maximum Gasteiger partial charge on any atom is 0.335 e. The molecule has 1 aromatic carbocycles. The van der Waals surface area contributed by atoms with Crippen LogP contribution >= 0.6 is 11.3 Å². The van der Waals surface area contributed by atoms with Gasteiger partial charge < -0.3 is 5.11 Å². The fraction of sp³-hybridized carbons (Fsp3) is 0.214. The van der Waals surface area contributed by atoms with Gasteiger partial charge in [0.05, 0.1) is 5.56 Å². The Labute approximate surface area is 114 Å². The molecule has 0 radical (unpaired) electrons. The number of hydrogen-bond acceptors (Lipinski definition) is 3. The monoisotopic (exact) mass is 279 g/mol. The highest BCUT2D eigenvalue weighted by molar-refractivity contribution is 7.09. The van der Waals surface area contributed by atoms with Gasteiger partial charge in [0.2, 0.25) is 0 Å². The molecule has 0 aliphatic heterocycles. The van der Waals surface area contributed by atoms with E-state index in [1.165, 1.54) is 17.0 Å². The van der Waals surface area contributed by atoms with Gasteiger partial charge in [-0.25, -0.2) is 9.18 Å². The summed E-state index contributed by atoms with van der Waals surface area (Å²) in [6.45, 7) is 1.20. The summed E-state index contributed by atoms with van der Waals surface area (Å²) in [5.41, 5.74) is 0.478. The zero-order chi connectivity index (χ0) is 13.8. The lowest BCUT2D eigenvalue weighted by Gasteiger charge is -2.16. The molecule has 100 valence electrons. The first-order valence-electron chi connectivity index (χ1n) is 5.79. The van der Waals surface area contributed by atoms with Crippen molar-refractivity contribution >= 4 is 17.3 Å². The second kappa shape index (κ2) is 5.95. The largest absolute Gasteiger partial charge is 0.478 e. The molecule has 1 heterocycles. The number of nitrogens with zero attached hydrogens (tertiary/aromatic N) is 1. The Kier molecular flexibility index (Phi) is 4.29. The van der Waals surface area contributed by atoms with Crippen LogP contribution in [-0.4, -0.2) is 23.0 Å². The molecule has 19 heavy (non-hydrogen) atoms. The molecule has 1 N–H and O–H groups in total. The van der Waals surface area contributed by atoms with Crippen molar-refractivity contribution in [2.45, 2.75) is 13.1 Å². The molecule has 0 saturated heterocycles. The minimum Gasteiger partial charge on any atom is -0.478 e. The number of thiophene rings is 1. The van der Waals surface area contributed by atoms with Gasteiger partial charge >= 0.3 is 5.97 Å². The molecule has 0 aliphatic rings. The van der Waals surface area contributed by atoms with Gasteiger partial charge in [0.1, 0.15) is 5.82 Å². The third kappa shape index (κ3) is 3.62. The highest BCUT2D eigenvalue weighted by atomic mass is 32.1. The lowest BCUT2D eigenvalue weighted by Crippen LogP contribution is -2.17. The van der Waals surface area contributed by atoms with Crippen molar-refractivity contribution in [3.05, 3.63) is 57.5 Å². The Morgan fingerprint density at radius 2 is 2.16 bits per heavy atom. The first kappa shape index (κ1) is 13.7. The SMILES string of the molecule is CN(Cc1cccs1)Cc1ccc(C(=O)O)cc1F. The Morgan fingerprint density at radius 1 is 1.37 bits per heavy atom. The quantitative estimate of drug-likeness (QED) is 0.913. The molecule has 1 aromatic heterocycles. The number of carboxylic acids is 1. The average molecular weight is 279 g/mol. The zero-order valence-corrected chi connectivity index (χ0v) is 11.3. The molecule has 0 spiro atoms. The Balaban J connectivity index is 2.04. The predicted octanol–water partition coefficient (Wildman–Crippen LogP) is 3.22. The van der Waals surface area contributed by atoms with E-state index in [1.807, 2.05) is 29.5 Å². The summed E-state index contributed by atoms with van der Waals surface area (Å²) in [5, 5.41) is 10.8. The van der Waals surface area contributed by atoms with Crippen molar-refractivity contribution in [3.8, 4) is 0 Å². The minimum atomic E-state index is -1.11. The van der Waals surface area contributed by atoms with Crippen LogP contribution < -0.4 is 0 Å². The molecule has 0 unspecified atom stereocenters. The van der Waals surface area contributed by atoms with Gasteiger partial charge in [0.25, 0.3) is 0 Å². The molecule has 2 aromatic rings. The van der Waals surface area contributed by atoms with Crippen LogP contribution in [0.1, 0.15) is 20.8 Å². The molecule has 0 bridgehead atoms. The molecule has 0 aliphatic carbocycles. The van der Waals surface area contributed by atoms with Crippen molar-refractivity contribution in [3.63, 3.8) is 0 Å². The van der Waals surface area contributed by atoms with Crippen molar-refractivity contribution in [1.82, 2.24) is 4.90 Å². The van der Waals surface area contributed by atoms with Gasteiger partial charge in [-0.3, -0.25) is 4.90 Å². The van der Waals surface area contributed by atoms with E-state index >= 15 is 0 Å². The second-order valence-electron chi connectivity index (χ2n) is 4.36. The summed E-state index contributed by atoms with van der Waals surface area (Å²) >= 11 is 1.66. The molecular formula is C14H14FNO2S. The number of aromatic carboxylic acids is 1. The van der Waals surface area contributed by atoms with Crippen molar-refractivity contribution < 1.29 is 14.3 Å². The van der Waals surface area contributed by atoms with E-state index in [9.17, 15) is 9.18 Å². The van der Waals surface area contributed by atoms with Gasteiger partial charge in [-0.15, -0.1) is 11.3 Å². The summed E-state index contributed by atoms with van der Waals surface area (Å²) in [4.78, 5) is 13.9. The standard InChI is InChI=1S/C14H14FNO2S/c1-16(9-12-3-2-6-19-12)8-11-5-4-10(14(17)18)7-13(11)15/h2-7H,8-9H2,1H3,(H,17,18). The fourth-order valence-electron chi connectivity index (χ4n) is 1.82. The lowest BCUT2D eigenvalue weighted by atomic mass is 10.1. The molecule has 0 atom stereocenters. The molecule has 0 saturated carbocycles. The Morgan fingerprint density at radius 3 is 2.74 bits per heavy atom. The van der Waals surface area contributed by atoms with Crippen LogP contribution in [0, 0.1) is 5.82 Å².